The van der Waals surface area contributed by atoms with Gasteiger partial charge < -0.3 is 5.73 Å². The second kappa shape index (κ2) is 5.07. The van der Waals surface area contributed by atoms with E-state index in [0.29, 0.717) is 5.69 Å². The monoisotopic (exact) mass is 209 g/mol. The van der Waals surface area contributed by atoms with Crippen LogP contribution >= 0.6 is 0 Å². The van der Waals surface area contributed by atoms with Crippen molar-refractivity contribution in [1.29, 1.82) is 0 Å². The van der Waals surface area contributed by atoms with Gasteiger partial charge >= 0.3 is 0 Å². The van der Waals surface area contributed by atoms with Crippen LogP contribution in [-0.2, 0) is 6.54 Å². The Kier molecular flexibility index (Phi) is 4.03. The number of ketones is 1. The molecule has 0 saturated carbocycles. The van der Waals surface area contributed by atoms with Crippen LogP contribution in [0.2, 0.25) is 0 Å². The Hall–Kier alpha value is -1.16. The normalized spacial score (nSPS) is 14.9. The van der Waals surface area contributed by atoms with Gasteiger partial charge in [-0.2, -0.15) is 5.10 Å². The minimum absolute atomic E-state index is 0.0796. The van der Waals surface area contributed by atoms with Crippen LogP contribution in [0.4, 0.5) is 0 Å². The van der Waals surface area contributed by atoms with Gasteiger partial charge in [-0.3, -0.25) is 9.48 Å². The van der Waals surface area contributed by atoms with E-state index >= 15 is 0 Å². The van der Waals surface area contributed by atoms with Crippen LogP contribution < -0.4 is 5.73 Å². The number of aromatic nitrogens is 2. The minimum Gasteiger partial charge on any atom is -0.327 e. The van der Waals surface area contributed by atoms with Gasteiger partial charge in [-0.05, 0) is 19.4 Å². The minimum atomic E-state index is -0.155. The Morgan fingerprint density at radius 3 is 2.80 bits per heavy atom. The lowest BCUT2D eigenvalue weighted by atomic mass is 9.97. The van der Waals surface area contributed by atoms with Gasteiger partial charge in [0.05, 0.1) is 0 Å². The Balaban J connectivity index is 2.86. The summed E-state index contributed by atoms with van der Waals surface area (Å²) in [5.41, 5.74) is 6.38. The molecule has 0 spiro atoms. The Morgan fingerprint density at radius 2 is 2.27 bits per heavy atom. The molecule has 2 N–H and O–H groups in total. The number of Topliss-reactive ketones (excluding diaryl/α,β-unsaturated/α-hetero) is 1. The first-order valence-electron chi connectivity index (χ1n) is 5.39. The van der Waals surface area contributed by atoms with E-state index < -0.39 is 0 Å². The maximum Gasteiger partial charge on any atom is 0.185 e. The van der Waals surface area contributed by atoms with Gasteiger partial charge in [0, 0.05) is 24.7 Å². The van der Waals surface area contributed by atoms with E-state index in [1.165, 1.54) is 0 Å². The fourth-order valence-corrected chi connectivity index (χ4v) is 1.40. The van der Waals surface area contributed by atoms with Crippen molar-refractivity contribution in [3.8, 4) is 0 Å². The molecule has 1 heterocycles. The fourth-order valence-electron chi connectivity index (χ4n) is 1.40. The first kappa shape index (κ1) is 11.9. The van der Waals surface area contributed by atoms with Crippen LogP contribution in [0, 0.1) is 5.92 Å². The molecule has 0 saturated heterocycles. The lowest BCUT2D eigenvalue weighted by molar-refractivity contribution is 0.0906. The number of rotatable bonds is 5. The second-order valence-electron chi connectivity index (χ2n) is 3.95. The summed E-state index contributed by atoms with van der Waals surface area (Å²) in [4.78, 5) is 12.0. The van der Waals surface area contributed by atoms with Crippen molar-refractivity contribution in [3.63, 3.8) is 0 Å². The Bertz CT molecular complexity index is 330. The molecule has 1 aromatic heterocycles. The van der Waals surface area contributed by atoms with Crippen molar-refractivity contribution in [2.24, 2.45) is 11.7 Å². The van der Waals surface area contributed by atoms with E-state index in [1.54, 1.807) is 16.9 Å². The molecule has 0 fully saturated rings. The first-order chi connectivity index (χ1) is 7.07. The number of aryl methyl sites for hydroxylation is 1. The molecule has 2 atom stereocenters. The molecule has 4 nitrogen and oxygen atoms in total. The van der Waals surface area contributed by atoms with Crippen LogP contribution in [0.25, 0.3) is 0 Å². The zero-order chi connectivity index (χ0) is 11.4. The maximum atomic E-state index is 12.0. The second-order valence-corrected chi connectivity index (χ2v) is 3.95. The number of hydrogen-bond acceptors (Lipinski definition) is 3. The van der Waals surface area contributed by atoms with Crippen molar-refractivity contribution in [2.45, 2.75) is 39.8 Å². The smallest absolute Gasteiger partial charge is 0.185 e. The number of carbonyl (C=O) groups excluding carboxylic acids is 1. The van der Waals surface area contributed by atoms with Gasteiger partial charge in [-0.1, -0.05) is 13.8 Å². The van der Waals surface area contributed by atoms with E-state index in [1.807, 2.05) is 13.8 Å². The highest BCUT2D eigenvalue weighted by molar-refractivity contribution is 5.96. The highest BCUT2D eigenvalue weighted by Crippen LogP contribution is 2.11. The molecule has 4 heteroatoms. The Morgan fingerprint density at radius 1 is 1.60 bits per heavy atom. The third-order valence-corrected chi connectivity index (χ3v) is 2.61. The first-order valence-corrected chi connectivity index (χ1v) is 5.39. The van der Waals surface area contributed by atoms with E-state index in [9.17, 15) is 4.79 Å². The van der Waals surface area contributed by atoms with Gasteiger partial charge in [-0.15, -0.1) is 0 Å². The standard InChI is InChI=1S/C11H19N3O/c1-4-7-14-10(5-6-13-14)11(15)8(2)9(3)12/h5-6,8-9H,4,7,12H2,1-3H3. The molecule has 0 radical (unpaired) electrons. The molecule has 84 valence electrons. The fraction of sp³-hybridized carbons (Fsp3) is 0.636. The summed E-state index contributed by atoms with van der Waals surface area (Å²) < 4.78 is 1.75. The molecule has 15 heavy (non-hydrogen) atoms. The summed E-state index contributed by atoms with van der Waals surface area (Å²) in [6.07, 6.45) is 2.63. The molecule has 1 aromatic rings. The predicted molar refractivity (Wildman–Crippen MR) is 59.7 cm³/mol. The highest BCUT2D eigenvalue weighted by Gasteiger charge is 2.21. The third kappa shape index (κ3) is 2.65. The summed E-state index contributed by atoms with van der Waals surface area (Å²) in [6, 6.07) is 1.64. The summed E-state index contributed by atoms with van der Waals surface area (Å²) in [5, 5.41) is 4.12. The van der Waals surface area contributed by atoms with E-state index in [2.05, 4.69) is 12.0 Å². The predicted octanol–water partition coefficient (Wildman–Crippen LogP) is 1.46. The summed E-state index contributed by atoms with van der Waals surface area (Å²) in [5.74, 6) is -0.0757. The number of carbonyl (C=O) groups is 1. The average Bonchev–Trinajstić information content (AvgIpc) is 2.64. The Labute approximate surface area is 90.5 Å². The molecule has 0 aliphatic rings. The lowest BCUT2D eigenvalue weighted by Gasteiger charge is -2.14. The SMILES string of the molecule is CCCn1nccc1C(=O)C(C)C(C)N. The van der Waals surface area contributed by atoms with Gasteiger partial charge in [0.1, 0.15) is 5.69 Å². The maximum absolute atomic E-state index is 12.0. The van der Waals surface area contributed by atoms with Crippen LogP contribution in [-0.4, -0.2) is 21.6 Å². The van der Waals surface area contributed by atoms with E-state index in [4.69, 9.17) is 5.73 Å². The lowest BCUT2D eigenvalue weighted by Crippen LogP contribution is -2.31. The molecule has 0 bridgehead atoms. The van der Waals surface area contributed by atoms with Gasteiger partial charge in [0.15, 0.2) is 5.78 Å². The summed E-state index contributed by atoms with van der Waals surface area (Å²) in [6.45, 7) is 6.55. The van der Waals surface area contributed by atoms with Crippen LogP contribution in [0.1, 0.15) is 37.7 Å². The topological polar surface area (TPSA) is 60.9 Å². The zero-order valence-corrected chi connectivity index (χ0v) is 9.60. The van der Waals surface area contributed by atoms with Gasteiger partial charge in [0.25, 0.3) is 0 Å². The quantitative estimate of drug-likeness (QED) is 0.747. The molecular formula is C11H19N3O. The van der Waals surface area contributed by atoms with E-state index in [0.717, 1.165) is 13.0 Å². The van der Waals surface area contributed by atoms with Crippen molar-refractivity contribution in [3.05, 3.63) is 18.0 Å². The summed E-state index contributed by atoms with van der Waals surface area (Å²) in [7, 11) is 0. The number of nitrogens with two attached hydrogens (primary N) is 1. The molecule has 2 unspecified atom stereocenters. The molecule has 0 aliphatic carbocycles. The number of hydrogen-bond donors (Lipinski definition) is 1. The largest absolute Gasteiger partial charge is 0.327 e. The van der Waals surface area contributed by atoms with Crippen LogP contribution in [0.3, 0.4) is 0 Å². The van der Waals surface area contributed by atoms with Crippen LogP contribution in [0.5, 0.6) is 0 Å². The molecule has 0 amide bonds. The van der Waals surface area contributed by atoms with Crippen molar-refractivity contribution in [1.82, 2.24) is 9.78 Å². The number of nitrogens with zero attached hydrogens (tertiary/aromatic N) is 2. The molecule has 0 aliphatic heterocycles. The molecular weight excluding hydrogens is 190 g/mol. The van der Waals surface area contributed by atoms with Gasteiger partial charge in [-0.25, -0.2) is 0 Å². The molecule has 0 aromatic carbocycles. The van der Waals surface area contributed by atoms with Crippen molar-refractivity contribution in [2.75, 3.05) is 0 Å². The highest BCUT2D eigenvalue weighted by atomic mass is 16.1. The van der Waals surface area contributed by atoms with Crippen LogP contribution in [0.15, 0.2) is 12.3 Å². The zero-order valence-electron chi connectivity index (χ0n) is 9.60. The van der Waals surface area contributed by atoms with Gasteiger partial charge in [0.2, 0.25) is 0 Å². The van der Waals surface area contributed by atoms with Crippen molar-refractivity contribution >= 4 is 5.78 Å². The van der Waals surface area contributed by atoms with Crippen molar-refractivity contribution < 1.29 is 4.79 Å². The molecule has 1 rings (SSSR count). The van der Waals surface area contributed by atoms with E-state index in [-0.39, 0.29) is 17.7 Å². The average molecular weight is 209 g/mol. The third-order valence-electron chi connectivity index (χ3n) is 2.61. The summed E-state index contributed by atoms with van der Waals surface area (Å²) >= 11 is 0.